The van der Waals surface area contributed by atoms with Crippen molar-refractivity contribution >= 4 is 23.6 Å². The molecular formula is C12H12O2S. The van der Waals surface area contributed by atoms with E-state index in [9.17, 15) is 4.79 Å². The first-order valence-corrected chi connectivity index (χ1v) is 5.87. The van der Waals surface area contributed by atoms with Crippen molar-refractivity contribution in [3.05, 3.63) is 34.7 Å². The van der Waals surface area contributed by atoms with E-state index in [-0.39, 0.29) is 5.75 Å². The van der Waals surface area contributed by atoms with Crippen LogP contribution in [-0.4, -0.2) is 16.6 Å². The van der Waals surface area contributed by atoms with Gasteiger partial charge in [-0.15, -0.1) is 11.8 Å². The first kappa shape index (κ1) is 10.3. The number of phenols is 1. The molecule has 0 saturated carbocycles. The Bertz CT molecular complexity index is 393. The molecule has 2 nitrogen and oxygen atoms in total. The number of aromatic hydroxyl groups is 1. The van der Waals surface area contributed by atoms with Gasteiger partial charge in [-0.1, -0.05) is 12.1 Å². The lowest BCUT2D eigenvalue weighted by molar-refractivity contribution is -0.118. The zero-order valence-corrected chi connectivity index (χ0v) is 9.09. The normalized spacial score (nSPS) is 19.5. The summed E-state index contributed by atoms with van der Waals surface area (Å²) in [4.78, 5) is 12.3. The SMILES string of the molecule is O=C1CCS/C(=C\c2ccc(O)cc2)C1. The van der Waals surface area contributed by atoms with E-state index in [0.717, 1.165) is 16.2 Å². The molecule has 1 aliphatic rings. The number of carbonyl (C=O) groups is 1. The average Bonchev–Trinajstić information content (AvgIpc) is 2.22. The third kappa shape index (κ3) is 2.86. The van der Waals surface area contributed by atoms with Crippen LogP contribution >= 0.6 is 11.8 Å². The fourth-order valence-corrected chi connectivity index (χ4v) is 2.55. The number of ketones is 1. The molecule has 0 aliphatic carbocycles. The van der Waals surface area contributed by atoms with Gasteiger partial charge in [0.1, 0.15) is 11.5 Å². The fourth-order valence-electron chi connectivity index (χ4n) is 1.48. The summed E-state index contributed by atoms with van der Waals surface area (Å²) in [6.45, 7) is 0. The minimum atomic E-state index is 0.268. The number of Topliss-reactive ketones (excluding diaryl/α,β-unsaturated/α-hetero) is 1. The van der Waals surface area contributed by atoms with Crippen LogP contribution in [0.3, 0.4) is 0 Å². The first-order chi connectivity index (χ1) is 7.24. The highest BCUT2D eigenvalue weighted by molar-refractivity contribution is 8.03. The van der Waals surface area contributed by atoms with Gasteiger partial charge in [-0.2, -0.15) is 0 Å². The topological polar surface area (TPSA) is 37.3 Å². The minimum absolute atomic E-state index is 0.268. The number of thioether (sulfide) groups is 1. The molecule has 0 radical (unpaired) electrons. The molecule has 0 bridgehead atoms. The number of allylic oxidation sites excluding steroid dienone is 1. The number of phenolic OH excluding ortho intramolecular Hbond substituents is 1. The van der Waals surface area contributed by atoms with E-state index in [1.807, 2.05) is 18.2 Å². The van der Waals surface area contributed by atoms with Crippen LogP contribution in [-0.2, 0) is 4.79 Å². The Kier molecular flexibility index (Phi) is 3.11. The molecule has 1 aromatic carbocycles. The van der Waals surface area contributed by atoms with E-state index in [2.05, 4.69) is 0 Å². The second-order valence-electron chi connectivity index (χ2n) is 3.52. The quantitative estimate of drug-likeness (QED) is 0.790. The van der Waals surface area contributed by atoms with Crippen LogP contribution in [0.5, 0.6) is 5.75 Å². The van der Waals surface area contributed by atoms with Crippen LogP contribution < -0.4 is 0 Å². The van der Waals surface area contributed by atoms with Gasteiger partial charge in [-0.3, -0.25) is 4.79 Å². The van der Waals surface area contributed by atoms with Gasteiger partial charge in [-0.05, 0) is 28.7 Å². The van der Waals surface area contributed by atoms with Crippen molar-refractivity contribution in [2.24, 2.45) is 0 Å². The molecule has 1 fully saturated rings. The molecule has 15 heavy (non-hydrogen) atoms. The first-order valence-electron chi connectivity index (χ1n) is 4.88. The van der Waals surface area contributed by atoms with E-state index in [4.69, 9.17) is 5.11 Å². The highest BCUT2D eigenvalue weighted by Gasteiger charge is 2.13. The van der Waals surface area contributed by atoms with Crippen LogP contribution in [0, 0.1) is 0 Å². The van der Waals surface area contributed by atoms with Crippen molar-refractivity contribution in [2.75, 3.05) is 5.75 Å². The number of rotatable bonds is 1. The molecule has 1 aromatic rings. The van der Waals surface area contributed by atoms with Gasteiger partial charge in [0.25, 0.3) is 0 Å². The standard InChI is InChI=1S/C12H12O2S/c13-10-3-1-9(2-4-10)7-12-8-11(14)5-6-15-12/h1-4,7,13H,5-6,8H2/b12-7-. The molecular weight excluding hydrogens is 208 g/mol. The van der Waals surface area contributed by atoms with Gasteiger partial charge >= 0.3 is 0 Å². The second kappa shape index (κ2) is 4.53. The Balaban J connectivity index is 2.15. The predicted molar refractivity (Wildman–Crippen MR) is 62.8 cm³/mol. The highest BCUT2D eigenvalue weighted by Crippen LogP contribution is 2.29. The lowest BCUT2D eigenvalue weighted by Crippen LogP contribution is -2.05. The third-order valence-electron chi connectivity index (χ3n) is 2.26. The summed E-state index contributed by atoms with van der Waals surface area (Å²) in [7, 11) is 0. The third-order valence-corrected chi connectivity index (χ3v) is 3.30. The van der Waals surface area contributed by atoms with E-state index < -0.39 is 0 Å². The average molecular weight is 220 g/mol. The molecule has 1 aliphatic heterocycles. The molecule has 3 heteroatoms. The van der Waals surface area contributed by atoms with Crippen LogP contribution in [0.1, 0.15) is 18.4 Å². The summed E-state index contributed by atoms with van der Waals surface area (Å²) in [6.07, 6.45) is 3.27. The summed E-state index contributed by atoms with van der Waals surface area (Å²) < 4.78 is 0. The Morgan fingerprint density at radius 1 is 1.27 bits per heavy atom. The Morgan fingerprint density at radius 3 is 2.67 bits per heavy atom. The lowest BCUT2D eigenvalue weighted by atomic mass is 10.1. The maximum atomic E-state index is 11.2. The maximum Gasteiger partial charge on any atom is 0.138 e. The summed E-state index contributed by atoms with van der Waals surface area (Å²) >= 11 is 1.74. The van der Waals surface area contributed by atoms with Crippen LogP contribution in [0.15, 0.2) is 29.2 Å². The monoisotopic (exact) mass is 220 g/mol. The maximum absolute atomic E-state index is 11.2. The van der Waals surface area contributed by atoms with Crippen molar-refractivity contribution in [1.82, 2.24) is 0 Å². The van der Waals surface area contributed by atoms with E-state index in [1.54, 1.807) is 23.9 Å². The van der Waals surface area contributed by atoms with Gasteiger partial charge in [0.05, 0.1) is 0 Å². The van der Waals surface area contributed by atoms with Crippen LogP contribution in [0.4, 0.5) is 0 Å². The molecule has 2 rings (SSSR count). The van der Waals surface area contributed by atoms with Crippen molar-refractivity contribution in [3.8, 4) is 5.75 Å². The van der Waals surface area contributed by atoms with E-state index >= 15 is 0 Å². The molecule has 1 N–H and O–H groups in total. The summed E-state index contributed by atoms with van der Waals surface area (Å²) in [5.74, 6) is 1.48. The molecule has 0 unspecified atom stereocenters. The van der Waals surface area contributed by atoms with E-state index in [1.165, 1.54) is 0 Å². The number of hydrogen-bond acceptors (Lipinski definition) is 3. The molecule has 0 aromatic heterocycles. The highest BCUT2D eigenvalue weighted by atomic mass is 32.2. The number of carbonyl (C=O) groups excluding carboxylic acids is 1. The molecule has 1 heterocycles. The van der Waals surface area contributed by atoms with Gasteiger partial charge in [0, 0.05) is 18.6 Å². The molecule has 0 atom stereocenters. The summed E-state index contributed by atoms with van der Waals surface area (Å²) in [6, 6.07) is 7.01. The largest absolute Gasteiger partial charge is 0.508 e. The van der Waals surface area contributed by atoms with Crippen molar-refractivity contribution in [3.63, 3.8) is 0 Å². The van der Waals surface area contributed by atoms with Gasteiger partial charge in [-0.25, -0.2) is 0 Å². The van der Waals surface area contributed by atoms with E-state index in [0.29, 0.717) is 18.6 Å². The zero-order valence-electron chi connectivity index (χ0n) is 8.27. The van der Waals surface area contributed by atoms with Crippen LogP contribution in [0.2, 0.25) is 0 Å². The fraction of sp³-hybridized carbons (Fsp3) is 0.250. The Labute approximate surface area is 93.0 Å². The summed E-state index contributed by atoms with van der Waals surface area (Å²) in [5.41, 5.74) is 1.03. The Morgan fingerprint density at radius 2 is 2.00 bits per heavy atom. The van der Waals surface area contributed by atoms with Gasteiger partial charge in [0.15, 0.2) is 0 Å². The predicted octanol–water partition coefficient (Wildman–Crippen LogP) is 2.83. The number of hydrogen-bond donors (Lipinski definition) is 1. The molecule has 0 spiro atoms. The van der Waals surface area contributed by atoms with Crippen molar-refractivity contribution in [1.29, 1.82) is 0 Å². The minimum Gasteiger partial charge on any atom is -0.508 e. The van der Waals surface area contributed by atoms with Crippen LogP contribution in [0.25, 0.3) is 6.08 Å². The van der Waals surface area contributed by atoms with Gasteiger partial charge < -0.3 is 5.11 Å². The zero-order chi connectivity index (χ0) is 10.7. The molecule has 78 valence electrons. The number of benzene rings is 1. The second-order valence-corrected chi connectivity index (χ2v) is 4.74. The van der Waals surface area contributed by atoms with Gasteiger partial charge in [0.2, 0.25) is 0 Å². The summed E-state index contributed by atoms with van der Waals surface area (Å²) in [5, 5.41) is 9.12. The molecule has 1 saturated heterocycles. The Hall–Kier alpha value is -1.22. The molecule has 0 amide bonds. The lowest BCUT2D eigenvalue weighted by Gasteiger charge is -2.12. The van der Waals surface area contributed by atoms with Crippen molar-refractivity contribution in [2.45, 2.75) is 12.8 Å². The smallest absolute Gasteiger partial charge is 0.138 e. The van der Waals surface area contributed by atoms with Crippen molar-refractivity contribution < 1.29 is 9.90 Å².